The van der Waals surface area contributed by atoms with Crippen LogP contribution in [-0.4, -0.2) is 45.9 Å². The van der Waals surface area contributed by atoms with Crippen molar-refractivity contribution in [1.29, 1.82) is 0 Å². The predicted octanol–water partition coefficient (Wildman–Crippen LogP) is 5.64. The van der Waals surface area contributed by atoms with Gasteiger partial charge in [0.1, 0.15) is 12.3 Å². The lowest BCUT2D eigenvalue weighted by Gasteiger charge is -2.31. The molecule has 1 unspecified atom stereocenters. The van der Waals surface area contributed by atoms with E-state index in [0.29, 0.717) is 19.7 Å². The summed E-state index contributed by atoms with van der Waals surface area (Å²) in [4.78, 5) is 14.4. The smallest absolute Gasteiger partial charge is 0.270 e. The van der Waals surface area contributed by atoms with E-state index in [4.69, 9.17) is 4.74 Å². The highest BCUT2D eigenvalue weighted by atomic mass is 19.1. The first-order chi connectivity index (χ1) is 18.0. The van der Waals surface area contributed by atoms with Crippen molar-refractivity contribution in [3.05, 3.63) is 84.6 Å². The molecule has 2 aromatic carbocycles. The monoisotopic (exact) mass is 499 g/mol. The molecule has 37 heavy (non-hydrogen) atoms. The fourth-order valence-corrected chi connectivity index (χ4v) is 3.99. The number of aromatic hydroxyl groups is 1. The molecular formula is C27H26FN7O2. The van der Waals surface area contributed by atoms with E-state index in [9.17, 15) is 9.50 Å². The Hall–Kier alpha value is -4.44. The highest BCUT2D eigenvalue weighted by Gasteiger charge is 2.21. The second-order valence-corrected chi connectivity index (χ2v) is 8.66. The summed E-state index contributed by atoms with van der Waals surface area (Å²) in [5.41, 5.74) is 4.42. The topological polar surface area (TPSA) is 108 Å². The van der Waals surface area contributed by atoms with Crippen molar-refractivity contribution in [2.45, 2.75) is 19.6 Å². The summed E-state index contributed by atoms with van der Waals surface area (Å²) in [6.45, 7) is 3.80. The van der Waals surface area contributed by atoms with E-state index in [1.165, 1.54) is 0 Å². The van der Waals surface area contributed by atoms with Crippen molar-refractivity contribution in [3.63, 3.8) is 0 Å². The van der Waals surface area contributed by atoms with Gasteiger partial charge in [-0.15, -0.1) is 5.11 Å². The maximum atomic E-state index is 14.3. The molecule has 188 valence electrons. The van der Waals surface area contributed by atoms with E-state index in [-0.39, 0.29) is 30.2 Å². The van der Waals surface area contributed by atoms with Gasteiger partial charge in [0.2, 0.25) is 0 Å². The Labute approximate surface area is 213 Å². The number of pyridine rings is 1. The summed E-state index contributed by atoms with van der Waals surface area (Å²) in [6.07, 6.45) is 2.84. The summed E-state index contributed by atoms with van der Waals surface area (Å²) >= 11 is 0. The number of aromatic nitrogens is 3. The summed E-state index contributed by atoms with van der Waals surface area (Å²) < 4.78 is 19.8. The Kier molecular flexibility index (Phi) is 7.27. The minimum absolute atomic E-state index is 0.000724. The molecule has 1 saturated heterocycles. The Bertz CT molecular complexity index is 1380. The third-order valence-electron chi connectivity index (χ3n) is 5.82. The number of anilines is 3. The molecular weight excluding hydrogens is 473 g/mol. The van der Waals surface area contributed by atoms with Crippen LogP contribution in [0.1, 0.15) is 12.6 Å². The molecule has 1 atom stereocenters. The van der Waals surface area contributed by atoms with Gasteiger partial charge in [0.05, 0.1) is 36.5 Å². The van der Waals surface area contributed by atoms with Crippen molar-refractivity contribution >= 4 is 23.1 Å². The number of benzene rings is 2. The molecule has 10 heteroatoms. The molecule has 1 fully saturated rings. The molecule has 2 N–H and O–H groups in total. The SMILES string of the molecule is CC1CN(c2nc(N=NCc3ccc(Nc4ccc(-c5cccc(O)c5)cc4)cn3)ncc2F)CCO1. The highest BCUT2D eigenvalue weighted by molar-refractivity contribution is 5.69. The van der Waals surface area contributed by atoms with Crippen molar-refractivity contribution in [1.82, 2.24) is 15.0 Å². The fourth-order valence-electron chi connectivity index (χ4n) is 3.99. The summed E-state index contributed by atoms with van der Waals surface area (Å²) in [5, 5.41) is 21.2. The largest absolute Gasteiger partial charge is 0.508 e. The standard InChI is InChI=1S/C27H26FN7O2/c1-18-17-35(11-12-37-18)26-25(28)16-30-27(33-26)34-31-15-22-9-10-23(14-29-22)32-21-7-5-19(6-8-21)20-3-2-4-24(36)13-20/h2-10,13-14,16,18,32,36H,11-12,15,17H2,1H3. The molecule has 5 rings (SSSR count). The number of azo groups is 1. The first kappa shape index (κ1) is 24.3. The summed E-state index contributed by atoms with van der Waals surface area (Å²) in [6, 6.07) is 18.8. The van der Waals surface area contributed by atoms with Crippen LogP contribution in [0.2, 0.25) is 0 Å². The molecule has 2 aromatic heterocycles. The van der Waals surface area contributed by atoms with Gasteiger partial charge in [0.25, 0.3) is 5.95 Å². The lowest BCUT2D eigenvalue weighted by Crippen LogP contribution is -2.42. The van der Waals surface area contributed by atoms with Crippen LogP contribution in [0.4, 0.5) is 27.5 Å². The Balaban J connectivity index is 1.18. The minimum Gasteiger partial charge on any atom is -0.508 e. The molecule has 0 amide bonds. The number of hydrogen-bond donors (Lipinski definition) is 2. The number of hydrogen-bond acceptors (Lipinski definition) is 9. The normalized spacial score (nSPS) is 15.7. The van der Waals surface area contributed by atoms with Gasteiger partial charge >= 0.3 is 0 Å². The quantitative estimate of drug-likeness (QED) is 0.317. The molecule has 0 radical (unpaired) electrons. The number of nitrogens with one attached hydrogen (secondary N) is 1. The minimum atomic E-state index is -0.494. The van der Waals surface area contributed by atoms with Gasteiger partial charge in [-0.05, 0) is 54.4 Å². The first-order valence-corrected chi connectivity index (χ1v) is 11.9. The maximum Gasteiger partial charge on any atom is 0.270 e. The second kappa shape index (κ2) is 11.1. The van der Waals surface area contributed by atoms with E-state index in [0.717, 1.165) is 34.4 Å². The zero-order valence-corrected chi connectivity index (χ0v) is 20.3. The van der Waals surface area contributed by atoms with Crippen molar-refractivity contribution < 1.29 is 14.2 Å². The zero-order chi connectivity index (χ0) is 25.6. The highest BCUT2D eigenvalue weighted by Crippen LogP contribution is 2.26. The molecule has 1 aliphatic rings. The molecule has 0 saturated carbocycles. The van der Waals surface area contributed by atoms with E-state index in [1.807, 2.05) is 60.4 Å². The van der Waals surface area contributed by atoms with Crippen molar-refractivity contribution in [2.24, 2.45) is 10.2 Å². The first-order valence-electron chi connectivity index (χ1n) is 11.9. The van der Waals surface area contributed by atoms with E-state index >= 15 is 0 Å². The van der Waals surface area contributed by atoms with Gasteiger partial charge in [-0.1, -0.05) is 24.3 Å². The fraction of sp³-hybridized carbons (Fsp3) is 0.222. The summed E-state index contributed by atoms with van der Waals surface area (Å²) in [5.74, 6) is 0.0559. The number of phenolic OH excluding ortho intramolecular Hbond substituents is 1. The molecule has 3 heterocycles. The zero-order valence-electron chi connectivity index (χ0n) is 20.3. The van der Waals surface area contributed by atoms with Gasteiger partial charge in [0.15, 0.2) is 11.6 Å². The van der Waals surface area contributed by atoms with Gasteiger partial charge in [0, 0.05) is 18.8 Å². The van der Waals surface area contributed by atoms with Crippen LogP contribution >= 0.6 is 0 Å². The van der Waals surface area contributed by atoms with E-state index in [1.54, 1.807) is 18.3 Å². The molecule has 0 spiro atoms. The van der Waals surface area contributed by atoms with Crippen LogP contribution in [0.3, 0.4) is 0 Å². The summed E-state index contributed by atoms with van der Waals surface area (Å²) in [7, 11) is 0. The van der Waals surface area contributed by atoms with Crippen LogP contribution < -0.4 is 10.2 Å². The Morgan fingerprint density at radius 1 is 1.05 bits per heavy atom. The molecule has 9 nitrogen and oxygen atoms in total. The van der Waals surface area contributed by atoms with Gasteiger partial charge in [-0.25, -0.2) is 9.37 Å². The van der Waals surface area contributed by atoms with Crippen molar-refractivity contribution in [3.8, 4) is 16.9 Å². The third kappa shape index (κ3) is 6.22. The third-order valence-corrected chi connectivity index (χ3v) is 5.82. The number of rotatable bonds is 7. The van der Waals surface area contributed by atoms with Crippen molar-refractivity contribution in [2.75, 3.05) is 29.9 Å². The number of morpholine rings is 1. The molecule has 4 aromatic rings. The Morgan fingerprint density at radius 3 is 2.65 bits per heavy atom. The number of ether oxygens (including phenoxy) is 1. The van der Waals surface area contributed by atoms with Crippen LogP contribution in [0, 0.1) is 5.82 Å². The maximum absolute atomic E-state index is 14.3. The van der Waals surface area contributed by atoms with E-state index < -0.39 is 5.82 Å². The van der Waals surface area contributed by atoms with Crippen LogP contribution in [0.25, 0.3) is 11.1 Å². The predicted molar refractivity (Wildman–Crippen MR) is 139 cm³/mol. The van der Waals surface area contributed by atoms with Crippen LogP contribution in [0.5, 0.6) is 5.75 Å². The lowest BCUT2D eigenvalue weighted by molar-refractivity contribution is 0.0527. The Morgan fingerprint density at radius 2 is 1.89 bits per heavy atom. The number of halogens is 1. The number of nitrogens with zero attached hydrogens (tertiary/aromatic N) is 6. The van der Waals surface area contributed by atoms with Crippen LogP contribution in [-0.2, 0) is 11.3 Å². The van der Waals surface area contributed by atoms with Gasteiger partial charge < -0.3 is 20.1 Å². The molecule has 0 aliphatic carbocycles. The second-order valence-electron chi connectivity index (χ2n) is 8.66. The lowest BCUT2D eigenvalue weighted by atomic mass is 10.1. The van der Waals surface area contributed by atoms with Gasteiger partial charge in [-0.2, -0.15) is 10.1 Å². The molecule has 1 aliphatic heterocycles. The average Bonchev–Trinajstić information content (AvgIpc) is 2.91. The molecule has 0 bridgehead atoms. The van der Waals surface area contributed by atoms with Gasteiger partial charge in [-0.3, -0.25) is 4.98 Å². The van der Waals surface area contributed by atoms with Crippen LogP contribution in [0.15, 0.2) is 83.3 Å². The average molecular weight is 500 g/mol. The van der Waals surface area contributed by atoms with E-state index in [2.05, 4.69) is 30.5 Å². The number of phenols is 1.